The number of amides is 1. The minimum Gasteiger partial charge on any atom is -0.325 e. The number of benzene rings is 1. The van der Waals surface area contributed by atoms with E-state index in [-0.39, 0.29) is 11.6 Å². The lowest BCUT2D eigenvalue weighted by Crippen LogP contribution is -2.22. The Morgan fingerprint density at radius 2 is 1.96 bits per heavy atom. The first kappa shape index (κ1) is 17.9. The monoisotopic (exact) mass is 387 g/mol. The normalized spacial score (nSPS) is 20.0. The summed E-state index contributed by atoms with van der Waals surface area (Å²) in [6, 6.07) is 7.68. The quantitative estimate of drug-likeness (QED) is 0.792. The van der Waals surface area contributed by atoms with E-state index in [1.165, 1.54) is 18.8 Å². The first-order chi connectivity index (χ1) is 11.7. The lowest BCUT2D eigenvalue weighted by molar-refractivity contribution is -0.143. The first-order valence-electron chi connectivity index (χ1n) is 7.25. The van der Waals surface area contributed by atoms with Crippen LogP contribution in [0.4, 0.5) is 18.9 Å². The summed E-state index contributed by atoms with van der Waals surface area (Å²) in [4.78, 5) is 12.3. The van der Waals surface area contributed by atoms with Gasteiger partial charge in [0.05, 0.1) is 10.9 Å². The number of alkyl halides is 3. The molecule has 1 aromatic heterocycles. The Balaban J connectivity index is 1.67. The minimum atomic E-state index is -4.46. The van der Waals surface area contributed by atoms with Crippen molar-refractivity contribution < 1.29 is 18.0 Å². The number of nitrogens with one attached hydrogen (secondary N) is 1. The van der Waals surface area contributed by atoms with E-state index in [4.69, 9.17) is 11.6 Å². The number of rotatable bonds is 3. The number of thioether (sulfide) groups is 1. The fourth-order valence-corrected chi connectivity index (χ4v) is 3.65. The number of aromatic nitrogens is 2. The molecule has 0 radical (unpaired) electrons. The summed E-state index contributed by atoms with van der Waals surface area (Å²) < 4.78 is 39.4. The molecule has 2 unspecified atom stereocenters. The van der Waals surface area contributed by atoms with Gasteiger partial charge >= 0.3 is 6.18 Å². The second kappa shape index (κ2) is 6.76. The van der Waals surface area contributed by atoms with Gasteiger partial charge in [0, 0.05) is 17.8 Å². The summed E-state index contributed by atoms with van der Waals surface area (Å²) in [6.07, 6.45) is -1.10. The minimum absolute atomic E-state index is 0.252. The number of nitrogens with zero attached hydrogens (tertiary/aromatic N) is 2. The average molecular weight is 388 g/mol. The largest absolute Gasteiger partial charge is 0.433 e. The zero-order chi connectivity index (χ0) is 18.2. The van der Waals surface area contributed by atoms with E-state index in [1.807, 2.05) is 0 Å². The van der Waals surface area contributed by atoms with E-state index in [2.05, 4.69) is 10.4 Å². The molecule has 4 nitrogen and oxygen atoms in total. The van der Waals surface area contributed by atoms with Crippen molar-refractivity contribution in [1.29, 1.82) is 0 Å². The fraction of sp³-hybridized carbons (Fsp3) is 0.250. The molecule has 1 aliphatic rings. The molecular weight excluding hydrogens is 375 g/mol. The third-order valence-electron chi connectivity index (χ3n) is 3.60. The molecule has 2 heterocycles. The van der Waals surface area contributed by atoms with Gasteiger partial charge in [-0.3, -0.25) is 9.48 Å². The molecule has 2 aromatic rings. The Morgan fingerprint density at radius 1 is 1.28 bits per heavy atom. The van der Waals surface area contributed by atoms with Crippen molar-refractivity contribution in [3.05, 3.63) is 58.9 Å². The molecule has 2 atom stereocenters. The highest BCUT2D eigenvalue weighted by Crippen LogP contribution is 2.41. The summed E-state index contributed by atoms with van der Waals surface area (Å²) in [5.74, 6) is -0.252. The molecule has 0 bridgehead atoms. The summed E-state index contributed by atoms with van der Waals surface area (Å²) in [6.45, 7) is 0. The lowest BCUT2D eigenvalue weighted by atomic mass is 10.2. The third kappa shape index (κ3) is 4.01. The highest BCUT2D eigenvalue weighted by molar-refractivity contribution is 8.01. The Kier molecular flexibility index (Phi) is 4.83. The number of anilines is 1. The van der Waals surface area contributed by atoms with Gasteiger partial charge in [0.1, 0.15) is 10.9 Å². The number of carbonyl (C=O) groups excluding carboxylic acids is 1. The van der Waals surface area contributed by atoms with Gasteiger partial charge in [-0.25, -0.2) is 0 Å². The van der Waals surface area contributed by atoms with Crippen molar-refractivity contribution >= 4 is 35.0 Å². The first-order valence-corrected chi connectivity index (χ1v) is 8.57. The molecule has 1 N–H and O–H groups in total. The van der Waals surface area contributed by atoms with Crippen LogP contribution in [0.1, 0.15) is 16.6 Å². The zero-order valence-electron chi connectivity index (χ0n) is 12.9. The summed E-state index contributed by atoms with van der Waals surface area (Å²) >= 11 is 7.03. The maximum absolute atomic E-state index is 12.9. The van der Waals surface area contributed by atoms with Crippen LogP contribution in [0.3, 0.4) is 0 Å². The molecule has 0 aliphatic carbocycles. The standard InChI is InChI=1S/C16H13ClF3N3OS/c1-23-14(16(18,19)20)8-11(22-23)12-6-7-13(25-12)15(24)21-10-4-2-9(17)3-5-10/h2-8,12-13H,1H3,(H,21,24). The van der Waals surface area contributed by atoms with E-state index in [0.717, 1.165) is 10.7 Å². The van der Waals surface area contributed by atoms with E-state index in [9.17, 15) is 18.0 Å². The van der Waals surface area contributed by atoms with Crippen molar-refractivity contribution in [3.8, 4) is 0 Å². The van der Waals surface area contributed by atoms with Crippen LogP contribution < -0.4 is 5.32 Å². The van der Waals surface area contributed by atoms with Crippen LogP contribution in [-0.4, -0.2) is 20.9 Å². The van der Waals surface area contributed by atoms with E-state index in [0.29, 0.717) is 10.7 Å². The molecule has 0 saturated carbocycles. The smallest absolute Gasteiger partial charge is 0.325 e. The van der Waals surface area contributed by atoms with Gasteiger partial charge < -0.3 is 5.32 Å². The number of hydrogen-bond acceptors (Lipinski definition) is 3. The molecule has 0 spiro atoms. The Hall–Kier alpha value is -1.93. The van der Waals surface area contributed by atoms with Crippen molar-refractivity contribution in [3.63, 3.8) is 0 Å². The van der Waals surface area contributed by atoms with Gasteiger partial charge in [0.25, 0.3) is 0 Å². The van der Waals surface area contributed by atoms with Crippen LogP contribution >= 0.6 is 23.4 Å². The Morgan fingerprint density at radius 3 is 2.56 bits per heavy atom. The predicted octanol–water partition coefficient (Wildman–Crippen LogP) is 4.44. The van der Waals surface area contributed by atoms with E-state index < -0.39 is 22.4 Å². The van der Waals surface area contributed by atoms with Crippen molar-refractivity contribution in [1.82, 2.24) is 9.78 Å². The van der Waals surface area contributed by atoms with E-state index >= 15 is 0 Å². The third-order valence-corrected chi connectivity index (χ3v) is 5.21. The summed E-state index contributed by atoms with van der Waals surface area (Å²) in [5.41, 5.74) is 0.0625. The van der Waals surface area contributed by atoms with Crippen LogP contribution in [0.2, 0.25) is 5.02 Å². The van der Waals surface area contributed by atoms with Gasteiger partial charge in [-0.2, -0.15) is 18.3 Å². The van der Waals surface area contributed by atoms with Crippen LogP contribution in [0.25, 0.3) is 0 Å². The molecule has 1 aliphatic heterocycles. The van der Waals surface area contributed by atoms with Gasteiger partial charge in [-0.15, -0.1) is 11.8 Å². The molecular formula is C16H13ClF3N3OS. The topological polar surface area (TPSA) is 46.9 Å². The molecule has 1 amide bonds. The molecule has 1 aromatic carbocycles. The SMILES string of the molecule is Cn1nc(C2C=CC(C(=O)Nc3ccc(Cl)cc3)S2)cc1C(F)(F)F. The number of aryl methyl sites for hydroxylation is 1. The van der Waals surface area contributed by atoms with Crippen molar-refractivity contribution in [2.24, 2.45) is 7.05 Å². The molecule has 25 heavy (non-hydrogen) atoms. The van der Waals surface area contributed by atoms with Gasteiger partial charge in [0.15, 0.2) is 0 Å². The Bertz CT molecular complexity index is 817. The van der Waals surface area contributed by atoms with Gasteiger partial charge in [-0.05, 0) is 30.3 Å². The Labute approximate surface area is 151 Å². The maximum Gasteiger partial charge on any atom is 0.433 e. The molecule has 9 heteroatoms. The predicted molar refractivity (Wildman–Crippen MR) is 91.6 cm³/mol. The van der Waals surface area contributed by atoms with Crippen LogP contribution in [-0.2, 0) is 18.0 Å². The second-order valence-corrected chi connectivity index (χ2v) is 7.16. The van der Waals surface area contributed by atoms with Crippen molar-refractivity contribution in [2.45, 2.75) is 16.7 Å². The zero-order valence-corrected chi connectivity index (χ0v) is 14.5. The maximum atomic E-state index is 12.9. The highest BCUT2D eigenvalue weighted by Gasteiger charge is 2.37. The van der Waals surface area contributed by atoms with Crippen LogP contribution in [0.15, 0.2) is 42.5 Å². The van der Waals surface area contributed by atoms with Gasteiger partial charge in [-0.1, -0.05) is 23.8 Å². The fourth-order valence-electron chi connectivity index (χ4n) is 2.41. The molecule has 132 valence electrons. The van der Waals surface area contributed by atoms with E-state index in [1.54, 1.807) is 36.4 Å². The molecule has 3 rings (SSSR count). The summed E-state index contributed by atoms with van der Waals surface area (Å²) in [7, 11) is 1.25. The number of carbonyl (C=O) groups is 1. The number of hydrogen-bond donors (Lipinski definition) is 1. The van der Waals surface area contributed by atoms with Crippen LogP contribution in [0.5, 0.6) is 0 Å². The average Bonchev–Trinajstić information content (AvgIpc) is 3.15. The second-order valence-electron chi connectivity index (χ2n) is 5.43. The molecule has 0 fully saturated rings. The van der Waals surface area contributed by atoms with Crippen molar-refractivity contribution in [2.75, 3.05) is 5.32 Å². The highest BCUT2D eigenvalue weighted by atomic mass is 35.5. The van der Waals surface area contributed by atoms with Crippen LogP contribution in [0, 0.1) is 0 Å². The molecule has 0 saturated heterocycles. The summed E-state index contributed by atoms with van der Waals surface area (Å²) in [5, 5.41) is 6.33. The number of halogens is 4. The van der Waals surface area contributed by atoms with Gasteiger partial charge in [0.2, 0.25) is 5.91 Å². The lowest BCUT2D eigenvalue weighted by Gasteiger charge is -2.11.